The molecule has 0 bridgehead atoms. The van der Waals surface area contributed by atoms with E-state index in [9.17, 15) is 22.4 Å². The number of hydrogen-bond donors (Lipinski definition) is 4. The first-order chi connectivity index (χ1) is 11.6. The van der Waals surface area contributed by atoms with Crippen molar-refractivity contribution in [2.45, 2.75) is 26.3 Å². The van der Waals surface area contributed by atoms with Gasteiger partial charge in [0.25, 0.3) is 12.3 Å². The third-order valence-electron chi connectivity index (χ3n) is 3.18. The quantitative estimate of drug-likeness (QED) is 0.189. The van der Waals surface area contributed by atoms with Gasteiger partial charge < -0.3 is 5.73 Å². The van der Waals surface area contributed by atoms with E-state index in [0.29, 0.717) is 5.56 Å². The van der Waals surface area contributed by atoms with Crippen molar-refractivity contribution in [3.05, 3.63) is 53.3 Å². The van der Waals surface area contributed by atoms with Crippen molar-refractivity contribution >= 4 is 11.6 Å². The van der Waals surface area contributed by atoms with E-state index in [1.165, 1.54) is 25.1 Å². The zero-order valence-electron chi connectivity index (χ0n) is 13.8. The first-order valence-electron chi connectivity index (χ1n) is 7.32. The second kappa shape index (κ2) is 9.19. The molecule has 1 unspecified atom stereocenters. The Bertz CT molecular complexity index is 676. The maximum absolute atomic E-state index is 13.5. The molecule has 0 radical (unpaired) electrons. The summed E-state index contributed by atoms with van der Waals surface area (Å²) in [6.45, 7) is 5.62. The summed E-state index contributed by atoms with van der Waals surface area (Å²) in [6, 6.07) is 3.71. The largest absolute Gasteiger partial charge is 0.398 e. The molecule has 0 aliphatic carbocycles. The maximum Gasteiger partial charge on any atom is 0.257 e. The van der Waals surface area contributed by atoms with Crippen molar-refractivity contribution in [2.75, 3.05) is 12.3 Å². The molecule has 1 rings (SSSR count). The summed E-state index contributed by atoms with van der Waals surface area (Å²) in [4.78, 5) is 11.9. The third kappa shape index (κ3) is 6.20. The molecule has 0 fully saturated rings. The van der Waals surface area contributed by atoms with E-state index in [1.54, 1.807) is 12.2 Å². The Morgan fingerprint density at radius 2 is 1.96 bits per heavy atom. The highest BCUT2D eigenvalue weighted by Gasteiger charge is 2.15. The number of hydrogen-bond acceptors (Lipinski definition) is 4. The number of hydrazine groups is 1. The standard InChI is InChI=1S/C16H20F4N4O/c1-8(2)14(19)15(20)23-16(25)10-4-5-11(12(21)6-10)9(3)24-22-7-13(17)18/h4-6,9,13,22,24H,1,7,21H2,2-3H3,(H,23,25). The first-order valence-corrected chi connectivity index (χ1v) is 7.32. The Labute approximate surface area is 142 Å². The van der Waals surface area contributed by atoms with Gasteiger partial charge in [0.15, 0.2) is 5.83 Å². The Morgan fingerprint density at radius 3 is 2.48 bits per heavy atom. The van der Waals surface area contributed by atoms with Crippen LogP contribution in [-0.4, -0.2) is 18.9 Å². The van der Waals surface area contributed by atoms with Crippen molar-refractivity contribution in [3.63, 3.8) is 0 Å². The van der Waals surface area contributed by atoms with Crippen LogP contribution in [0.3, 0.4) is 0 Å². The van der Waals surface area contributed by atoms with Gasteiger partial charge in [-0.25, -0.2) is 13.2 Å². The molecule has 5 N–H and O–H groups in total. The van der Waals surface area contributed by atoms with Crippen LogP contribution in [0.2, 0.25) is 0 Å². The highest BCUT2D eigenvalue weighted by Crippen LogP contribution is 2.22. The molecule has 138 valence electrons. The van der Waals surface area contributed by atoms with Crippen LogP contribution >= 0.6 is 0 Å². The van der Waals surface area contributed by atoms with E-state index in [2.05, 4.69) is 17.4 Å². The van der Waals surface area contributed by atoms with Crippen molar-refractivity contribution in [3.8, 4) is 0 Å². The molecular weight excluding hydrogens is 340 g/mol. The molecule has 0 spiro atoms. The summed E-state index contributed by atoms with van der Waals surface area (Å²) in [6.07, 6.45) is -2.51. The third-order valence-corrected chi connectivity index (χ3v) is 3.18. The second-order valence-corrected chi connectivity index (χ2v) is 5.34. The van der Waals surface area contributed by atoms with Crippen molar-refractivity contribution < 1.29 is 22.4 Å². The average molecular weight is 360 g/mol. The Balaban J connectivity index is 2.82. The predicted molar refractivity (Wildman–Crippen MR) is 87.9 cm³/mol. The van der Waals surface area contributed by atoms with E-state index in [1.807, 2.05) is 0 Å². The van der Waals surface area contributed by atoms with Gasteiger partial charge in [0.1, 0.15) is 0 Å². The number of benzene rings is 1. The summed E-state index contributed by atoms with van der Waals surface area (Å²) in [5, 5.41) is 1.77. The van der Waals surface area contributed by atoms with E-state index < -0.39 is 36.7 Å². The minimum absolute atomic E-state index is 0.0126. The molecule has 0 aliphatic heterocycles. The number of alkyl halides is 2. The monoisotopic (exact) mass is 360 g/mol. The Morgan fingerprint density at radius 1 is 1.32 bits per heavy atom. The van der Waals surface area contributed by atoms with Crippen LogP contribution in [0.15, 0.2) is 42.1 Å². The lowest BCUT2D eigenvalue weighted by Crippen LogP contribution is -2.37. The second-order valence-electron chi connectivity index (χ2n) is 5.34. The van der Waals surface area contributed by atoms with Gasteiger partial charge in [-0.3, -0.25) is 21.0 Å². The van der Waals surface area contributed by atoms with Crippen LogP contribution < -0.4 is 21.9 Å². The van der Waals surface area contributed by atoms with Crippen LogP contribution in [0.4, 0.5) is 23.2 Å². The van der Waals surface area contributed by atoms with Crippen molar-refractivity contribution in [1.82, 2.24) is 16.2 Å². The molecule has 5 nitrogen and oxygen atoms in total. The van der Waals surface area contributed by atoms with Gasteiger partial charge in [0.2, 0.25) is 5.95 Å². The van der Waals surface area contributed by atoms with Gasteiger partial charge in [-0.1, -0.05) is 12.6 Å². The normalized spacial score (nSPS) is 13.4. The molecule has 1 aromatic rings. The van der Waals surface area contributed by atoms with Gasteiger partial charge in [0, 0.05) is 17.3 Å². The summed E-state index contributed by atoms with van der Waals surface area (Å²) < 4.78 is 51.0. The summed E-state index contributed by atoms with van der Waals surface area (Å²) in [5.74, 6) is -3.57. The Kier molecular flexibility index (Phi) is 7.59. The fourth-order valence-electron chi connectivity index (χ4n) is 1.89. The molecule has 0 aromatic heterocycles. The molecule has 1 atom stereocenters. The molecule has 25 heavy (non-hydrogen) atoms. The molecule has 0 saturated carbocycles. The van der Waals surface area contributed by atoms with E-state index in [4.69, 9.17) is 5.73 Å². The van der Waals surface area contributed by atoms with Crippen LogP contribution in [0.1, 0.15) is 35.8 Å². The summed E-state index contributed by atoms with van der Waals surface area (Å²) in [5.41, 5.74) is 11.4. The first kappa shape index (κ1) is 20.7. The highest BCUT2D eigenvalue weighted by atomic mass is 19.3. The highest BCUT2D eigenvalue weighted by molar-refractivity contribution is 5.96. The van der Waals surface area contributed by atoms with Gasteiger partial charge in [0.05, 0.1) is 6.54 Å². The van der Waals surface area contributed by atoms with Gasteiger partial charge in [-0.15, -0.1) is 0 Å². The van der Waals surface area contributed by atoms with Gasteiger partial charge in [-0.2, -0.15) is 4.39 Å². The minimum atomic E-state index is -2.51. The van der Waals surface area contributed by atoms with E-state index >= 15 is 0 Å². The lowest BCUT2D eigenvalue weighted by atomic mass is 10.0. The van der Waals surface area contributed by atoms with Crippen LogP contribution in [-0.2, 0) is 0 Å². The number of allylic oxidation sites excluding steroid dienone is 2. The average Bonchev–Trinajstić information content (AvgIpc) is 2.53. The fourth-order valence-corrected chi connectivity index (χ4v) is 1.89. The van der Waals surface area contributed by atoms with Gasteiger partial charge >= 0.3 is 0 Å². The molecule has 9 heteroatoms. The van der Waals surface area contributed by atoms with Crippen LogP contribution in [0, 0.1) is 0 Å². The number of anilines is 1. The topological polar surface area (TPSA) is 79.2 Å². The minimum Gasteiger partial charge on any atom is -0.398 e. The number of halogens is 4. The number of amides is 1. The lowest BCUT2D eigenvalue weighted by Gasteiger charge is -2.17. The van der Waals surface area contributed by atoms with Crippen molar-refractivity contribution in [2.24, 2.45) is 0 Å². The SMILES string of the molecule is C=C(C)C(F)=C(F)NC(=O)c1ccc(C(C)NNCC(F)F)c(N)c1. The number of carbonyl (C=O) groups excluding carboxylic acids is 1. The number of rotatable bonds is 8. The van der Waals surface area contributed by atoms with Crippen LogP contribution in [0.25, 0.3) is 0 Å². The van der Waals surface area contributed by atoms with Crippen LogP contribution in [0.5, 0.6) is 0 Å². The summed E-state index contributed by atoms with van der Waals surface area (Å²) in [7, 11) is 0. The zero-order chi connectivity index (χ0) is 19.1. The van der Waals surface area contributed by atoms with Crippen molar-refractivity contribution in [1.29, 1.82) is 0 Å². The smallest absolute Gasteiger partial charge is 0.257 e. The molecule has 0 aliphatic rings. The Hall–Kier alpha value is -2.39. The molecule has 0 heterocycles. The van der Waals surface area contributed by atoms with E-state index in [0.717, 1.165) is 0 Å². The number of nitrogens with two attached hydrogens (primary N) is 1. The number of nitrogens with one attached hydrogen (secondary N) is 3. The number of nitrogen functional groups attached to an aromatic ring is 1. The molecular formula is C16H20F4N4O. The van der Waals surface area contributed by atoms with E-state index in [-0.39, 0.29) is 16.8 Å². The lowest BCUT2D eigenvalue weighted by molar-refractivity contribution is 0.0955. The molecule has 1 amide bonds. The van der Waals surface area contributed by atoms with Gasteiger partial charge in [-0.05, 0) is 37.1 Å². The molecule has 0 saturated heterocycles. The zero-order valence-corrected chi connectivity index (χ0v) is 13.8. The summed E-state index contributed by atoms with van der Waals surface area (Å²) >= 11 is 0. The predicted octanol–water partition coefficient (Wildman–Crippen LogP) is 3.10. The number of carbonyl (C=O) groups is 1. The molecule has 1 aromatic carbocycles. The fraction of sp³-hybridized carbons (Fsp3) is 0.312. The maximum atomic E-state index is 13.5.